The summed E-state index contributed by atoms with van der Waals surface area (Å²) in [5, 5.41) is 0. The van der Waals surface area contributed by atoms with E-state index in [2.05, 4.69) is 4.72 Å². The lowest BCUT2D eigenvalue weighted by Crippen LogP contribution is -2.29. The van der Waals surface area contributed by atoms with Gasteiger partial charge in [-0.3, -0.25) is 4.57 Å². The summed E-state index contributed by atoms with van der Waals surface area (Å²) in [6, 6.07) is 8.19. The highest BCUT2D eigenvalue weighted by atomic mass is 32.2. The van der Waals surface area contributed by atoms with Crippen molar-refractivity contribution in [1.29, 1.82) is 0 Å². The van der Waals surface area contributed by atoms with Crippen molar-refractivity contribution in [3.05, 3.63) is 50.6 Å². The van der Waals surface area contributed by atoms with Crippen molar-refractivity contribution in [3.8, 4) is 0 Å². The summed E-state index contributed by atoms with van der Waals surface area (Å²) in [6.07, 6.45) is -0.365. The summed E-state index contributed by atoms with van der Waals surface area (Å²) in [4.78, 5) is 13.7. The van der Waals surface area contributed by atoms with Gasteiger partial charge in [0.05, 0.1) is 10.4 Å². The fourth-order valence-corrected chi connectivity index (χ4v) is 4.48. The van der Waals surface area contributed by atoms with Crippen LogP contribution < -0.4 is 10.5 Å². The van der Waals surface area contributed by atoms with Crippen LogP contribution in [0.3, 0.4) is 0 Å². The average molecular weight is 382 g/mol. The van der Waals surface area contributed by atoms with Crippen LogP contribution in [-0.4, -0.2) is 26.6 Å². The highest BCUT2D eigenvalue weighted by molar-refractivity contribution is 7.89. The summed E-state index contributed by atoms with van der Waals surface area (Å²) in [7, 11) is -0.679. The molecule has 3 aromatic rings. The van der Waals surface area contributed by atoms with Gasteiger partial charge in [-0.05, 0) is 37.3 Å². The quantitative estimate of drug-likeness (QED) is 0.706. The third-order valence-corrected chi connectivity index (χ3v) is 6.41. The van der Waals surface area contributed by atoms with Crippen molar-refractivity contribution in [2.24, 2.45) is 7.05 Å². The first-order valence-electron chi connectivity index (χ1n) is 7.50. The second-order valence-corrected chi connectivity index (χ2v) is 8.67. The molecule has 1 atom stereocenters. The molecule has 0 saturated heterocycles. The Morgan fingerprint density at radius 1 is 1.32 bits per heavy atom. The number of hydrogen-bond acceptors (Lipinski definition) is 6. The molecule has 0 aliphatic heterocycles. The van der Waals surface area contributed by atoms with Gasteiger partial charge in [0.25, 0.3) is 0 Å². The Hall–Kier alpha value is -1.94. The van der Waals surface area contributed by atoms with E-state index in [1.165, 1.54) is 29.8 Å². The number of oxazole rings is 1. The monoisotopic (exact) mass is 382 g/mol. The van der Waals surface area contributed by atoms with Crippen LogP contribution in [0.4, 0.5) is 0 Å². The SMILES string of the molecule is COC(CNS(=O)(=O)c1ccc2oc(=O)n(C)c2c1)c1ccc(C)s1. The number of hydrogen-bond donors (Lipinski definition) is 1. The van der Waals surface area contributed by atoms with Crippen molar-refractivity contribution in [2.45, 2.75) is 17.9 Å². The smallest absolute Gasteiger partial charge is 0.408 e. The van der Waals surface area contributed by atoms with Crippen molar-refractivity contribution in [3.63, 3.8) is 0 Å². The van der Waals surface area contributed by atoms with Crippen LogP contribution in [0.25, 0.3) is 11.1 Å². The number of aryl methyl sites for hydroxylation is 2. The number of benzene rings is 1. The number of nitrogens with one attached hydrogen (secondary N) is 1. The molecule has 9 heteroatoms. The molecule has 0 saturated carbocycles. The Labute approximate surface area is 148 Å². The number of thiophene rings is 1. The fraction of sp³-hybridized carbons (Fsp3) is 0.312. The molecule has 0 fully saturated rings. The molecule has 0 spiro atoms. The van der Waals surface area contributed by atoms with Gasteiger partial charge in [0.1, 0.15) is 6.10 Å². The van der Waals surface area contributed by atoms with Gasteiger partial charge >= 0.3 is 5.76 Å². The largest absolute Gasteiger partial charge is 0.419 e. The van der Waals surface area contributed by atoms with E-state index in [9.17, 15) is 13.2 Å². The highest BCUT2D eigenvalue weighted by Crippen LogP contribution is 2.25. The molecule has 0 aliphatic carbocycles. The summed E-state index contributed by atoms with van der Waals surface area (Å²) in [6.45, 7) is 2.09. The maximum absolute atomic E-state index is 12.6. The van der Waals surface area contributed by atoms with Crippen LogP contribution in [0.2, 0.25) is 0 Å². The lowest BCUT2D eigenvalue weighted by molar-refractivity contribution is 0.110. The molecule has 1 aromatic carbocycles. The van der Waals surface area contributed by atoms with E-state index in [-0.39, 0.29) is 17.5 Å². The predicted molar refractivity (Wildman–Crippen MR) is 95.4 cm³/mol. The standard InChI is InChI=1S/C16H18N2O5S2/c1-10-4-7-15(24-10)14(22-3)9-17-25(20,21)11-5-6-13-12(8-11)18(2)16(19)23-13/h4-8,14,17H,9H2,1-3H3. The van der Waals surface area contributed by atoms with Crippen molar-refractivity contribution < 1.29 is 17.6 Å². The second-order valence-electron chi connectivity index (χ2n) is 5.58. The number of nitrogens with zero attached hydrogens (tertiary/aromatic N) is 1. The maximum atomic E-state index is 12.6. The lowest BCUT2D eigenvalue weighted by atomic mass is 10.3. The lowest BCUT2D eigenvalue weighted by Gasteiger charge is -2.15. The molecule has 25 heavy (non-hydrogen) atoms. The third-order valence-electron chi connectivity index (χ3n) is 3.89. The molecule has 1 unspecified atom stereocenters. The van der Waals surface area contributed by atoms with Crippen molar-refractivity contribution >= 4 is 32.5 Å². The molecule has 0 bridgehead atoms. The molecule has 2 heterocycles. The summed E-state index contributed by atoms with van der Waals surface area (Å²) in [5.74, 6) is -0.537. The van der Waals surface area contributed by atoms with E-state index in [4.69, 9.17) is 9.15 Å². The summed E-state index contributed by atoms with van der Waals surface area (Å²) >= 11 is 1.56. The van der Waals surface area contributed by atoms with Gasteiger partial charge in [-0.2, -0.15) is 0 Å². The first-order chi connectivity index (χ1) is 11.8. The van der Waals surface area contributed by atoms with E-state index in [0.29, 0.717) is 11.1 Å². The topological polar surface area (TPSA) is 90.5 Å². The van der Waals surface area contributed by atoms with Crippen LogP contribution in [0.15, 0.2) is 44.4 Å². The fourth-order valence-electron chi connectivity index (χ4n) is 2.47. The molecular weight excluding hydrogens is 364 g/mol. The Morgan fingerprint density at radius 3 is 2.72 bits per heavy atom. The van der Waals surface area contributed by atoms with Gasteiger partial charge in [0, 0.05) is 30.5 Å². The number of ether oxygens (including phenoxy) is 1. The van der Waals surface area contributed by atoms with Crippen LogP contribution in [0, 0.1) is 6.92 Å². The number of sulfonamides is 1. The van der Waals surface area contributed by atoms with Gasteiger partial charge < -0.3 is 9.15 Å². The molecule has 3 rings (SSSR count). The molecule has 7 nitrogen and oxygen atoms in total. The van der Waals surface area contributed by atoms with Crippen molar-refractivity contribution in [2.75, 3.05) is 13.7 Å². The maximum Gasteiger partial charge on any atom is 0.419 e. The third kappa shape index (κ3) is 3.54. The predicted octanol–water partition coefficient (Wildman–Crippen LogP) is 2.17. The highest BCUT2D eigenvalue weighted by Gasteiger charge is 2.20. The van der Waals surface area contributed by atoms with E-state index in [1.54, 1.807) is 18.4 Å². The normalized spacial score (nSPS) is 13.4. The van der Waals surface area contributed by atoms with Crippen LogP contribution in [0.5, 0.6) is 0 Å². The minimum atomic E-state index is -3.75. The molecule has 2 aromatic heterocycles. The minimum absolute atomic E-state index is 0.0635. The molecule has 1 N–H and O–H groups in total. The first kappa shape index (κ1) is 17.9. The molecular formula is C16H18N2O5S2. The zero-order chi connectivity index (χ0) is 18.2. The van der Waals surface area contributed by atoms with Gasteiger partial charge in [-0.15, -0.1) is 11.3 Å². The zero-order valence-electron chi connectivity index (χ0n) is 14.0. The Bertz CT molecular complexity index is 1060. The van der Waals surface area contributed by atoms with E-state index in [1.807, 2.05) is 19.1 Å². The molecule has 0 amide bonds. The number of methoxy groups -OCH3 is 1. The Kier molecular flexibility index (Phi) is 4.83. The van der Waals surface area contributed by atoms with E-state index in [0.717, 1.165) is 9.75 Å². The Morgan fingerprint density at radius 2 is 2.08 bits per heavy atom. The van der Waals surface area contributed by atoms with Crippen LogP contribution >= 0.6 is 11.3 Å². The van der Waals surface area contributed by atoms with Gasteiger partial charge in [0.15, 0.2) is 5.58 Å². The van der Waals surface area contributed by atoms with E-state index < -0.39 is 15.8 Å². The Balaban J connectivity index is 1.84. The second kappa shape index (κ2) is 6.75. The van der Waals surface area contributed by atoms with Crippen LogP contribution in [0.1, 0.15) is 15.9 Å². The molecule has 0 aliphatic rings. The minimum Gasteiger partial charge on any atom is -0.408 e. The van der Waals surface area contributed by atoms with E-state index >= 15 is 0 Å². The van der Waals surface area contributed by atoms with Gasteiger partial charge in [-0.1, -0.05) is 0 Å². The van der Waals surface area contributed by atoms with Crippen LogP contribution in [-0.2, 0) is 21.8 Å². The number of rotatable bonds is 6. The average Bonchev–Trinajstić information content (AvgIpc) is 3.12. The molecule has 0 radical (unpaired) electrons. The van der Waals surface area contributed by atoms with Gasteiger partial charge in [0.2, 0.25) is 10.0 Å². The zero-order valence-corrected chi connectivity index (χ0v) is 15.6. The summed E-state index contributed by atoms with van der Waals surface area (Å²) in [5.41, 5.74) is 0.764. The number of fused-ring (bicyclic) bond motifs is 1. The molecule has 134 valence electrons. The number of aromatic nitrogens is 1. The summed E-state index contributed by atoms with van der Waals surface area (Å²) < 4.78 is 39.4. The van der Waals surface area contributed by atoms with Gasteiger partial charge in [-0.25, -0.2) is 17.9 Å². The first-order valence-corrected chi connectivity index (χ1v) is 9.80. The van der Waals surface area contributed by atoms with Crippen molar-refractivity contribution in [1.82, 2.24) is 9.29 Å².